The first-order valence-electron chi connectivity index (χ1n) is 6.55. The Balaban J connectivity index is 2.27. The van der Waals surface area contributed by atoms with Crippen LogP contribution in [0, 0.1) is 5.92 Å². The molecular formula is C15H20O3. The van der Waals surface area contributed by atoms with Gasteiger partial charge < -0.3 is 9.84 Å². The van der Waals surface area contributed by atoms with Gasteiger partial charge in [-0.05, 0) is 41.9 Å². The van der Waals surface area contributed by atoms with Crippen molar-refractivity contribution >= 4 is 5.97 Å². The smallest absolute Gasteiger partial charge is 0.303 e. The third-order valence-electron chi connectivity index (χ3n) is 3.56. The van der Waals surface area contributed by atoms with E-state index in [2.05, 4.69) is 19.9 Å². The van der Waals surface area contributed by atoms with Crippen LogP contribution in [0.15, 0.2) is 18.2 Å². The van der Waals surface area contributed by atoms with Crippen LogP contribution < -0.4 is 4.74 Å². The highest BCUT2D eigenvalue weighted by Gasteiger charge is 2.21. The lowest BCUT2D eigenvalue weighted by Crippen LogP contribution is -2.14. The molecule has 18 heavy (non-hydrogen) atoms. The van der Waals surface area contributed by atoms with Crippen LogP contribution in [-0.2, 0) is 11.2 Å². The molecule has 1 aromatic rings. The molecular weight excluding hydrogens is 228 g/mol. The summed E-state index contributed by atoms with van der Waals surface area (Å²) < 4.78 is 5.58. The van der Waals surface area contributed by atoms with Crippen molar-refractivity contribution in [1.82, 2.24) is 0 Å². The fraction of sp³-hybridized carbons (Fsp3) is 0.533. The summed E-state index contributed by atoms with van der Waals surface area (Å²) in [5.74, 6) is 0.629. The van der Waals surface area contributed by atoms with E-state index in [0.717, 1.165) is 30.8 Å². The third kappa shape index (κ3) is 2.84. The van der Waals surface area contributed by atoms with E-state index in [-0.39, 0.29) is 12.3 Å². The lowest BCUT2D eigenvalue weighted by Gasteiger charge is -2.23. The first-order chi connectivity index (χ1) is 8.58. The largest absolute Gasteiger partial charge is 0.493 e. The van der Waals surface area contributed by atoms with Gasteiger partial charge in [0.1, 0.15) is 5.75 Å². The maximum absolute atomic E-state index is 11.0. The highest BCUT2D eigenvalue weighted by atomic mass is 16.5. The van der Waals surface area contributed by atoms with Crippen LogP contribution in [0.2, 0.25) is 0 Å². The van der Waals surface area contributed by atoms with Crippen molar-refractivity contribution in [2.45, 2.75) is 39.0 Å². The van der Waals surface area contributed by atoms with Crippen molar-refractivity contribution in [2.24, 2.45) is 5.92 Å². The molecule has 0 saturated carbocycles. The summed E-state index contributed by atoms with van der Waals surface area (Å²) in [6.07, 6.45) is 2.26. The number of carboxylic acids is 1. The van der Waals surface area contributed by atoms with Crippen LogP contribution in [-0.4, -0.2) is 17.7 Å². The van der Waals surface area contributed by atoms with Crippen molar-refractivity contribution in [3.63, 3.8) is 0 Å². The van der Waals surface area contributed by atoms with Crippen molar-refractivity contribution in [1.29, 1.82) is 0 Å². The second-order valence-electron chi connectivity index (χ2n) is 5.27. The van der Waals surface area contributed by atoms with Crippen molar-refractivity contribution < 1.29 is 14.6 Å². The number of benzene rings is 1. The molecule has 2 rings (SSSR count). The van der Waals surface area contributed by atoms with Gasteiger partial charge in [-0.2, -0.15) is 0 Å². The van der Waals surface area contributed by atoms with Gasteiger partial charge in [-0.1, -0.05) is 26.0 Å². The van der Waals surface area contributed by atoms with Crippen LogP contribution in [0.25, 0.3) is 0 Å². The molecule has 0 amide bonds. The highest BCUT2D eigenvalue weighted by Crippen LogP contribution is 2.33. The molecule has 0 bridgehead atoms. The van der Waals surface area contributed by atoms with Crippen molar-refractivity contribution in [3.05, 3.63) is 29.3 Å². The topological polar surface area (TPSA) is 46.5 Å². The summed E-state index contributed by atoms with van der Waals surface area (Å²) >= 11 is 0. The Labute approximate surface area is 108 Å². The maximum Gasteiger partial charge on any atom is 0.303 e. The Bertz CT molecular complexity index is 437. The molecule has 1 unspecified atom stereocenters. The van der Waals surface area contributed by atoms with Crippen LogP contribution in [0.3, 0.4) is 0 Å². The quantitative estimate of drug-likeness (QED) is 0.889. The van der Waals surface area contributed by atoms with Gasteiger partial charge in [0.05, 0.1) is 13.0 Å². The second-order valence-corrected chi connectivity index (χ2v) is 5.27. The van der Waals surface area contributed by atoms with Crippen LogP contribution in [0.4, 0.5) is 0 Å². The number of fused-ring (bicyclic) bond motifs is 1. The van der Waals surface area contributed by atoms with E-state index in [1.54, 1.807) is 0 Å². The zero-order valence-electron chi connectivity index (χ0n) is 11.0. The molecule has 1 aliphatic heterocycles. The predicted octanol–water partition coefficient (Wildman–Crippen LogP) is 3.23. The zero-order chi connectivity index (χ0) is 13.1. The molecule has 3 nitrogen and oxygen atoms in total. The van der Waals surface area contributed by atoms with Crippen LogP contribution in [0.1, 0.15) is 43.7 Å². The summed E-state index contributed by atoms with van der Waals surface area (Å²) in [5, 5.41) is 9.01. The maximum atomic E-state index is 11.0. The minimum absolute atomic E-state index is 0.0785. The molecule has 0 saturated heterocycles. The van der Waals surface area contributed by atoms with E-state index in [0.29, 0.717) is 5.92 Å². The Hall–Kier alpha value is -1.51. The molecule has 1 heterocycles. The van der Waals surface area contributed by atoms with Gasteiger partial charge in [0, 0.05) is 0 Å². The Kier molecular flexibility index (Phi) is 3.90. The number of aliphatic carboxylic acids is 1. The number of carboxylic acid groups (broad SMARTS) is 1. The lowest BCUT2D eigenvalue weighted by atomic mass is 9.84. The van der Waals surface area contributed by atoms with E-state index in [1.165, 1.54) is 5.56 Å². The Morgan fingerprint density at radius 1 is 1.44 bits per heavy atom. The number of hydrogen-bond acceptors (Lipinski definition) is 2. The first-order valence-corrected chi connectivity index (χ1v) is 6.55. The molecule has 0 aliphatic carbocycles. The van der Waals surface area contributed by atoms with Gasteiger partial charge in [-0.15, -0.1) is 0 Å². The zero-order valence-corrected chi connectivity index (χ0v) is 11.0. The Morgan fingerprint density at radius 3 is 2.89 bits per heavy atom. The number of ether oxygens (including phenoxy) is 1. The van der Waals surface area contributed by atoms with Crippen LogP contribution in [0.5, 0.6) is 5.75 Å². The standard InChI is InChI=1S/C15H20O3/c1-10(2)13(9-15(16)17)11-5-6-14-12(8-11)4-3-7-18-14/h5-6,8,10,13H,3-4,7,9H2,1-2H3,(H,16,17). The number of hydrogen-bond donors (Lipinski definition) is 1. The van der Waals surface area contributed by atoms with E-state index >= 15 is 0 Å². The van der Waals surface area contributed by atoms with Gasteiger partial charge in [0.25, 0.3) is 0 Å². The summed E-state index contributed by atoms with van der Waals surface area (Å²) in [6, 6.07) is 6.13. The third-order valence-corrected chi connectivity index (χ3v) is 3.56. The normalized spacial score (nSPS) is 15.9. The fourth-order valence-corrected chi connectivity index (χ4v) is 2.54. The van der Waals surface area contributed by atoms with Gasteiger partial charge in [-0.3, -0.25) is 4.79 Å². The summed E-state index contributed by atoms with van der Waals surface area (Å²) in [7, 11) is 0. The lowest BCUT2D eigenvalue weighted by molar-refractivity contribution is -0.137. The first kappa shape index (κ1) is 12.9. The van der Waals surface area contributed by atoms with Gasteiger partial charge >= 0.3 is 5.97 Å². The molecule has 1 aliphatic rings. The molecule has 0 aromatic heterocycles. The molecule has 3 heteroatoms. The van der Waals surface area contributed by atoms with E-state index in [9.17, 15) is 4.79 Å². The molecule has 98 valence electrons. The van der Waals surface area contributed by atoms with Crippen molar-refractivity contribution in [3.8, 4) is 5.75 Å². The fourth-order valence-electron chi connectivity index (χ4n) is 2.54. The van der Waals surface area contributed by atoms with E-state index in [4.69, 9.17) is 9.84 Å². The molecule has 1 aromatic carbocycles. The monoisotopic (exact) mass is 248 g/mol. The minimum atomic E-state index is -0.734. The number of aryl methyl sites for hydroxylation is 1. The summed E-state index contributed by atoms with van der Waals surface area (Å²) in [4.78, 5) is 11.0. The highest BCUT2D eigenvalue weighted by molar-refractivity contribution is 5.68. The van der Waals surface area contributed by atoms with Gasteiger partial charge in [0.2, 0.25) is 0 Å². The minimum Gasteiger partial charge on any atom is -0.493 e. The molecule has 1 N–H and O–H groups in total. The molecule has 1 atom stereocenters. The summed E-state index contributed by atoms with van der Waals surface area (Å²) in [5.41, 5.74) is 2.34. The predicted molar refractivity (Wildman–Crippen MR) is 70.1 cm³/mol. The van der Waals surface area contributed by atoms with E-state index in [1.807, 2.05) is 12.1 Å². The average molecular weight is 248 g/mol. The van der Waals surface area contributed by atoms with Crippen LogP contribution >= 0.6 is 0 Å². The number of carbonyl (C=O) groups is 1. The summed E-state index contributed by atoms with van der Waals surface area (Å²) in [6.45, 7) is 4.93. The number of rotatable bonds is 4. The molecule has 0 radical (unpaired) electrons. The SMILES string of the molecule is CC(C)C(CC(=O)O)c1ccc2c(c1)CCCO2. The molecule has 0 spiro atoms. The molecule has 0 fully saturated rings. The van der Waals surface area contributed by atoms with Gasteiger partial charge in [-0.25, -0.2) is 0 Å². The van der Waals surface area contributed by atoms with E-state index < -0.39 is 5.97 Å². The average Bonchev–Trinajstić information content (AvgIpc) is 2.35. The van der Waals surface area contributed by atoms with Gasteiger partial charge in [0.15, 0.2) is 0 Å². The Morgan fingerprint density at radius 2 is 2.22 bits per heavy atom. The van der Waals surface area contributed by atoms with Crippen molar-refractivity contribution in [2.75, 3.05) is 6.61 Å². The second kappa shape index (κ2) is 5.42.